The molecular formula is C23H31Cl2F3N2O3. The van der Waals surface area contributed by atoms with E-state index in [0.717, 1.165) is 18.7 Å². The van der Waals surface area contributed by atoms with Gasteiger partial charge in [0.15, 0.2) is 11.5 Å². The molecule has 1 fully saturated rings. The third-order valence-electron chi connectivity index (χ3n) is 5.41. The maximum absolute atomic E-state index is 13.1. The van der Waals surface area contributed by atoms with Gasteiger partial charge in [-0.1, -0.05) is 30.3 Å². The van der Waals surface area contributed by atoms with Gasteiger partial charge >= 0.3 is 6.18 Å². The van der Waals surface area contributed by atoms with Crippen LogP contribution in [0.1, 0.15) is 30.0 Å². The molecule has 1 atom stereocenters. The molecule has 2 aromatic carbocycles. The van der Waals surface area contributed by atoms with E-state index in [1.165, 1.54) is 14.2 Å². The summed E-state index contributed by atoms with van der Waals surface area (Å²) in [5.74, 6) is 1.45. The molecule has 0 aromatic heterocycles. The normalized spacial score (nSPS) is 15.1. The third kappa shape index (κ3) is 8.45. The summed E-state index contributed by atoms with van der Waals surface area (Å²) in [6.45, 7) is 3.09. The van der Waals surface area contributed by atoms with Crippen LogP contribution in [0, 0.1) is 0 Å². The topological polar surface area (TPSA) is 43.0 Å². The predicted octanol–water partition coefficient (Wildman–Crippen LogP) is 5.42. The van der Waals surface area contributed by atoms with Crippen LogP contribution in [0.15, 0.2) is 42.5 Å². The number of rotatable bonds is 9. The molecule has 0 unspecified atom stereocenters. The van der Waals surface area contributed by atoms with Crippen LogP contribution in [0.25, 0.3) is 0 Å². The molecule has 3 rings (SSSR count). The van der Waals surface area contributed by atoms with Crippen LogP contribution in [0.3, 0.4) is 0 Å². The fourth-order valence-corrected chi connectivity index (χ4v) is 3.83. The van der Waals surface area contributed by atoms with Crippen LogP contribution in [-0.4, -0.2) is 51.5 Å². The van der Waals surface area contributed by atoms with Crippen LogP contribution in [0.2, 0.25) is 0 Å². The molecule has 1 aliphatic rings. The number of piperazine rings is 1. The first-order valence-corrected chi connectivity index (χ1v) is 10.4. The van der Waals surface area contributed by atoms with E-state index < -0.39 is 18.6 Å². The van der Waals surface area contributed by atoms with Crippen molar-refractivity contribution < 1.29 is 27.4 Å². The fraction of sp³-hybridized carbons (Fsp3) is 0.478. The number of hydrogen-bond donors (Lipinski definition) is 1. The van der Waals surface area contributed by atoms with Crippen molar-refractivity contribution >= 4 is 24.8 Å². The minimum Gasteiger partial charge on any atom is -0.493 e. The molecule has 0 bridgehead atoms. The monoisotopic (exact) mass is 510 g/mol. The average molecular weight is 511 g/mol. The van der Waals surface area contributed by atoms with Crippen molar-refractivity contribution in [3.8, 4) is 17.2 Å². The van der Waals surface area contributed by atoms with E-state index in [4.69, 9.17) is 14.2 Å². The number of halogens is 5. The highest BCUT2D eigenvalue weighted by Gasteiger charge is 2.33. The SMILES string of the molecule is COc1cc(OCc2ccccc2)c([C@@H](CCC(F)(F)F)N2CCNCC2)cc1OC.Cl.Cl. The maximum Gasteiger partial charge on any atom is 0.389 e. The zero-order chi connectivity index (χ0) is 22.3. The van der Waals surface area contributed by atoms with Crippen molar-refractivity contribution in [2.24, 2.45) is 0 Å². The smallest absolute Gasteiger partial charge is 0.389 e. The van der Waals surface area contributed by atoms with Gasteiger partial charge in [0.2, 0.25) is 0 Å². The predicted molar refractivity (Wildman–Crippen MR) is 127 cm³/mol. The fourth-order valence-electron chi connectivity index (χ4n) is 3.83. The summed E-state index contributed by atoms with van der Waals surface area (Å²) in [6.07, 6.45) is -5.15. The average Bonchev–Trinajstić information content (AvgIpc) is 2.78. The van der Waals surface area contributed by atoms with Gasteiger partial charge in [-0.25, -0.2) is 0 Å². The number of ether oxygens (including phenoxy) is 3. The van der Waals surface area contributed by atoms with E-state index in [2.05, 4.69) is 10.2 Å². The Labute approximate surface area is 205 Å². The molecule has 1 heterocycles. The van der Waals surface area contributed by atoms with Crippen molar-refractivity contribution in [1.82, 2.24) is 10.2 Å². The highest BCUT2D eigenvalue weighted by Crippen LogP contribution is 2.42. The number of methoxy groups -OCH3 is 2. The second-order valence-electron chi connectivity index (χ2n) is 7.47. The Balaban J connectivity index is 0.00000272. The first-order chi connectivity index (χ1) is 14.9. The van der Waals surface area contributed by atoms with E-state index in [0.29, 0.717) is 42.5 Å². The van der Waals surface area contributed by atoms with E-state index in [-0.39, 0.29) is 31.2 Å². The number of nitrogens with one attached hydrogen (secondary N) is 1. The van der Waals surface area contributed by atoms with Gasteiger partial charge in [0.05, 0.1) is 14.2 Å². The first-order valence-electron chi connectivity index (χ1n) is 10.4. The number of hydrogen-bond acceptors (Lipinski definition) is 5. The largest absolute Gasteiger partial charge is 0.493 e. The van der Waals surface area contributed by atoms with Crippen LogP contribution >= 0.6 is 24.8 Å². The molecule has 33 heavy (non-hydrogen) atoms. The molecule has 186 valence electrons. The minimum atomic E-state index is -4.23. The molecule has 0 amide bonds. The van der Waals surface area contributed by atoms with Crippen molar-refractivity contribution in [3.63, 3.8) is 0 Å². The second-order valence-corrected chi connectivity index (χ2v) is 7.47. The molecular weight excluding hydrogens is 480 g/mol. The molecule has 10 heteroatoms. The molecule has 1 N–H and O–H groups in total. The summed E-state index contributed by atoms with van der Waals surface area (Å²) in [5.41, 5.74) is 1.65. The standard InChI is InChI=1S/C23H29F3N2O3.2ClH/c1-29-21-14-18(19(8-9-23(24,25)26)28-12-10-27-11-13-28)20(15-22(21)30-2)31-16-17-6-4-3-5-7-17;;/h3-7,14-15,19,27H,8-13,16H2,1-2H3;2*1H/t19-;;/m1../s1. The van der Waals surface area contributed by atoms with Crippen LogP contribution < -0.4 is 19.5 Å². The maximum atomic E-state index is 13.1. The first kappa shape index (κ1) is 29.2. The Morgan fingerprint density at radius 1 is 0.939 bits per heavy atom. The number of alkyl halides is 3. The van der Waals surface area contributed by atoms with Gasteiger partial charge in [0.25, 0.3) is 0 Å². The molecule has 2 aromatic rings. The van der Waals surface area contributed by atoms with E-state index in [9.17, 15) is 13.2 Å². The summed E-state index contributed by atoms with van der Waals surface area (Å²) >= 11 is 0. The lowest BCUT2D eigenvalue weighted by atomic mass is 9.97. The number of nitrogens with zero attached hydrogens (tertiary/aromatic N) is 1. The third-order valence-corrected chi connectivity index (χ3v) is 5.41. The molecule has 0 aliphatic carbocycles. The summed E-state index contributed by atoms with van der Waals surface area (Å²) in [7, 11) is 3.04. The Morgan fingerprint density at radius 3 is 2.12 bits per heavy atom. The highest BCUT2D eigenvalue weighted by molar-refractivity contribution is 5.85. The molecule has 1 aliphatic heterocycles. The Hall–Kier alpha value is -1.87. The van der Waals surface area contributed by atoms with Gasteiger partial charge in [-0.3, -0.25) is 4.90 Å². The lowest BCUT2D eigenvalue weighted by molar-refractivity contribution is -0.138. The van der Waals surface area contributed by atoms with Gasteiger partial charge in [-0.05, 0) is 18.1 Å². The Morgan fingerprint density at radius 2 is 1.55 bits per heavy atom. The van der Waals surface area contributed by atoms with Crippen LogP contribution in [0.4, 0.5) is 13.2 Å². The summed E-state index contributed by atoms with van der Waals surface area (Å²) in [5, 5.41) is 3.26. The molecule has 0 saturated carbocycles. The van der Waals surface area contributed by atoms with E-state index in [1.807, 2.05) is 30.3 Å². The van der Waals surface area contributed by atoms with Crippen LogP contribution in [0.5, 0.6) is 17.2 Å². The molecule has 5 nitrogen and oxygen atoms in total. The van der Waals surface area contributed by atoms with Crippen LogP contribution in [-0.2, 0) is 6.61 Å². The van der Waals surface area contributed by atoms with Gasteiger partial charge < -0.3 is 19.5 Å². The second kappa shape index (κ2) is 13.7. The lowest BCUT2D eigenvalue weighted by Crippen LogP contribution is -2.45. The lowest BCUT2D eigenvalue weighted by Gasteiger charge is -2.36. The van der Waals surface area contributed by atoms with Gasteiger partial charge in [-0.2, -0.15) is 13.2 Å². The van der Waals surface area contributed by atoms with Gasteiger partial charge in [0, 0.05) is 50.3 Å². The van der Waals surface area contributed by atoms with Gasteiger partial charge in [0.1, 0.15) is 12.4 Å². The van der Waals surface area contributed by atoms with E-state index >= 15 is 0 Å². The Kier molecular flexibility index (Phi) is 12.1. The van der Waals surface area contributed by atoms with Gasteiger partial charge in [-0.15, -0.1) is 24.8 Å². The summed E-state index contributed by atoms with van der Waals surface area (Å²) in [4.78, 5) is 2.08. The molecule has 0 radical (unpaired) electrons. The summed E-state index contributed by atoms with van der Waals surface area (Å²) in [6, 6.07) is 12.7. The molecule has 0 spiro atoms. The molecule has 1 saturated heterocycles. The minimum absolute atomic E-state index is 0. The summed E-state index contributed by atoms with van der Waals surface area (Å²) < 4.78 is 56.3. The highest BCUT2D eigenvalue weighted by atomic mass is 35.5. The zero-order valence-electron chi connectivity index (χ0n) is 18.7. The van der Waals surface area contributed by atoms with Crippen molar-refractivity contribution in [2.75, 3.05) is 40.4 Å². The zero-order valence-corrected chi connectivity index (χ0v) is 20.3. The van der Waals surface area contributed by atoms with Crippen molar-refractivity contribution in [2.45, 2.75) is 31.7 Å². The Bertz CT molecular complexity index is 836. The quantitative estimate of drug-likeness (QED) is 0.488. The van der Waals surface area contributed by atoms with Crippen molar-refractivity contribution in [1.29, 1.82) is 0 Å². The number of benzene rings is 2. The van der Waals surface area contributed by atoms with Crippen molar-refractivity contribution in [3.05, 3.63) is 53.6 Å². The van der Waals surface area contributed by atoms with E-state index in [1.54, 1.807) is 12.1 Å².